The van der Waals surface area contributed by atoms with E-state index in [2.05, 4.69) is 49.4 Å². The summed E-state index contributed by atoms with van der Waals surface area (Å²) < 4.78 is 13.4. The molecule has 0 spiro atoms. The van der Waals surface area contributed by atoms with Crippen molar-refractivity contribution in [2.24, 2.45) is 9.98 Å². The molecule has 1 saturated heterocycles. The Kier molecular flexibility index (Phi) is 7.78. The van der Waals surface area contributed by atoms with Gasteiger partial charge in [0, 0.05) is 18.2 Å². The Balaban J connectivity index is 1.85. The van der Waals surface area contributed by atoms with E-state index in [1.165, 1.54) is 31.0 Å². The number of rotatable bonds is 7. The Bertz CT molecular complexity index is 988. The number of piperidine rings is 1. The van der Waals surface area contributed by atoms with Crippen molar-refractivity contribution in [2.45, 2.75) is 32.2 Å². The SMILES string of the molecule is C=Nc1nc(NCC2CCCCN2C)[nH]c1/C(=C\C)C(=Nc1ccc(F)c(Cl)c1)NO. The van der Waals surface area contributed by atoms with Crippen molar-refractivity contribution in [3.8, 4) is 0 Å². The van der Waals surface area contributed by atoms with E-state index in [1.807, 2.05) is 0 Å². The van der Waals surface area contributed by atoms with Crippen LogP contribution >= 0.6 is 11.6 Å². The van der Waals surface area contributed by atoms with Gasteiger partial charge in [0.15, 0.2) is 11.7 Å². The molecule has 8 nitrogen and oxygen atoms in total. The lowest BCUT2D eigenvalue weighted by Crippen LogP contribution is -2.40. The molecule has 0 radical (unpaired) electrons. The number of likely N-dealkylation sites (tertiary alicyclic amines) is 1. The first-order valence-electron chi connectivity index (χ1n) is 10.1. The third kappa shape index (κ3) is 5.49. The first-order valence-corrected chi connectivity index (χ1v) is 10.5. The number of H-pyrrole nitrogens is 1. The number of halogens is 2. The zero-order chi connectivity index (χ0) is 22.4. The summed E-state index contributed by atoms with van der Waals surface area (Å²) in [6, 6.07) is 4.47. The fraction of sp³-hybridized carbons (Fsp3) is 0.381. The first kappa shape index (κ1) is 22.9. The van der Waals surface area contributed by atoms with Crippen LogP contribution in [0.25, 0.3) is 5.57 Å². The molecule has 10 heteroatoms. The van der Waals surface area contributed by atoms with Gasteiger partial charge in [-0.3, -0.25) is 10.7 Å². The number of nitrogens with zero attached hydrogens (tertiary/aromatic N) is 4. The average molecular weight is 448 g/mol. The lowest BCUT2D eigenvalue weighted by Gasteiger charge is -2.32. The molecule has 2 aromatic rings. The minimum absolute atomic E-state index is 0.0604. The zero-order valence-electron chi connectivity index (χ0n) is 17.6. The van der Waals surface area contributed by atoms with E-state index in [4.69, 9.17) is 11.6 Å². The van der Waals surface area contributed by atoms with E-state index in [-0.39, 0.29) is 10.9 Å². The van der Waals surface area contributed by atoms with E-state index < -0.39 is 5.82 Å². The summed E-state index contributed by atoms with van der Waals surface area (Å²) in [6.45, 7) is 7.22. The topological polar surface area (TPSA) is 101 Å². The Morgan fingerprint density at radius 1 is 1.48 bits per heavy atom. The number of aromatic amines is 1. The lowest BCUT2D eigenvalue weighted by atomic mass is 10.0. The normalized spacial score (nSPS) is 18.2. The maximum Gasteiger partial charge on any atom is 0.202 e. The van der Waals surface area contributed by atoms with Gasteiger partial charge in [-0.15, -0.1) is 0 Å². The zero-order valence-corrected chi connectivity index (χ0v) is 18.4. The standard InChI is InChI=1S/C21H27ClFN7O/c1-4-15(19(29-31)26-13-8-9-17(23)16(22)11-13)18-20(24-2)28-21(27-18)25-12-14-7-5-6-10-30(14)3/h4,8-9,11,14,31H,2,5-7,10,12H2,1,3H3,(H,26,29)(H2,25,27,28)/b15-4+. The molecule has 1 atom stereocenters. The van der Waals surface area contributed by atoms with E-state index in [1.54, 1.807) is 13.0 Å². The lowest BCUT2D eigenvalue weighted by molar-refractivity contribution is 0.194. The molecule has 1 aromatic heterocycles. The van der Waals surface area contributed by atoms with Crippen LogP contribution in [0, 0.1) is 5.82 Å². The van der Waals surface area contributed by atoms with Crippen LogP contribution in [-0.2, 0) is 0 Å². The largest absolute Gasteiger partial charge is 0.354 e. The number of aliphatic imine (C=N–C) groups is 2. The third-order valence-corrected chi connectivity index (χ3v) is 5.61. The van der Waals surface area contributed by atoms with Gasteiger partial charge in [0.2, 0.25) is 5.95 Å². The number of anilines is 1. The van der Waals surface area contributed by atoms with Crippen LogP contribution in [0.5, 0.6) is 0 Å². The molecule has 1 aliphatic rings. The minimum atomic E-state index is -0.545. The predicted molar refractivity (Wildman–Crippen MR) is 124 cm³/mol. The summed E-state index contributed by atoms with van der Waals surface area (Å²) in [5, 5.41) is 13.0. The van der Waals surface area contributed by atoms with Crippen LogP contribution in [-0.4, -0.2) is 58.8 Å². The van der Waals surface area contributed by atoms with Crippen LogP contribution in [0.15, 0.2) is 34.3 Å². The summed E-state index contributed by atoms with van der Waals surface area (Å²) in [4.78, 5) is 18.4. The molecule has 166 valence electrons. The molecule has 31 heavy (non-hydrogen) atoms. The second-order valence-corrected chi connectivity index (χ2v) is 7.73. The highest BCUT2D eigenvalue weighted by atomic mass is 35.5. The number of imidazole rings is 1. The molecule has 0 aliphatic carbocycles. The molecule has 1 unspecified atom stereocenters. The van der Waals surface area contributed by atoms with Crippen LogP contribution < -0.4 is 10.8 Å². The van der Waals surface area contributed by atoms with E-state index in [0.29, 0.717) is 34.8 Å². The van der Waals surface area contributed by atoms with Crippen molar-refractivity contribution in [1.82, 2.24) is 20.3 Å². The Morgan fingerprint density at radius 2 is 2.29 bits per heavy atom. The summed E-state index contributed by atoms with van der Waals surface area (Å²) in [6.07, 6.45) is 5.32. The van der Waals surface area contributed by atoms with Gasteiger partial charge in [-0.2, -0.15) is 4.98 Å². The first-order chi connectivity index (χ1) is 15.0. The Labute approximate surface area is 185 Å². The molecule has 1 fully saturated rings. The smallest absolute Gasteiger partial charge is 0.202 e. The summed E-state index contributed by atoms with van der Waals surface area (Å²) >= 11 is 5.84. The third-order valence-electron chi connectivity index (χ3n) is 5.32. The van der Waals surface area contributed by atoms with Gasteiger partial charge < -0.3 is 15.2 Å². The fourth-order valence-electron chi connectivity index (χ4n) is 3.60. The number of benzene rings is 1. The maximum absolute atomic E-state index is 13.4. The van der Waals surface area contributed by atoms with E-state index >= 15 is 0 Å². The number of aromatic nitrogens is 2. The van der Waals surface area contributed by atoms with Crippen molar-refractivity contribution < 1.29 is 9.60 Å². The molecule has 4 N–H and O–H groups in total. The Morgan fingerprint density at radius 3 is 2.94 bits per heavy atom. The maximum atomic E-state index is 13.4. The fourth-order valence-corrected chi connectivity index (χ4v) is 3.77. The second kappa shape index (κ2) is 10.5. The van der Waals surface area contributed by atoms with Gasteiger partial charge in [-0.05, 0) is 58.3 Å². The van der Waals surface area contributed by atoms with E-state index in [9.17, 15) is 9.60 Å². The van der Waals surface area contributed by atoms with Crippen molar-refractivity contribution in [3.63, 3.8) is 0 Å². The Hall–Kier alpha value is -2.75. The van der Waals surface area contributed by atoms with Gasteiger partial charge in [0.25, 0.3) is 0 Å². The van der Waals surface area contributed by atoms with Gasteiger partial charge in [0.05, 0.1) is 16.4 Å². The highest BCUT2D eigenvalue weighted by Crippen LogP contribution is 2.29. The monoisotopic (exact) mass is 447 g/mol. The molecular weight excluding hydrogens is 421 g/mol. The number of hydrogen-bond acceptors (Lipinski definition) is 6. The molecule has 2 heterocycles. The number of amidine groups is 1. The predicted octanol–water partition coefficient (Wildman–Crippen LogP) is 4.54. The highest BCUT2D eigenvalue weighted by Gasteiger charge is 2.21. The molecule has 3 rings (SSSR count). The van der Waals surface area contributed by atoms with Crippen LogP contribution in [0.3, 0.4) is 0 Å². The summed E-state index contributed by atoms with van der Waals surface area (Å²) in [5.41, 5.74) is 3.51. The average Bonchev–Trinajstić information content (AvgIpc) is 3.18. The van der Waals surface area contributed by atoms with Crippen LogP contribution in [0.1, 0.15) is 31.9 Å². The summed E-state index contributed by atoms with van der Waals surface area (Å²) in [5.74, 6) is 0.499. The number of hydrogen-bond donors (Lipinski definition) is 4. The summed E-state index contributed by atoms with van der Waals surface area (Å²) in [7, 11) is 2.13. The van der Waals surface area contributed by atoms with Crippen molar-refractivity contribution in [2.75, 3.05) is 25.5 Å². The molecule has 1 aromatic carbocycles. The van der Waals surface area contributed by atoms with Crippen molar-refractivity contribution in [3.05, 3.63) is 40.8 Å². The van der Waals surface area contributed by atoms with Gasteiger partial charge in [-0.1, -0.05) is 24.1 Å². The number of hydroxylamine groups is 1. The van der Waals surface area contributed by atoms with E-state index in [0.717, 1.165) is 19.5 Å². The second-order valence-electron chi connectivity index (χ2n) is 7.33. The van der Waals surface area contributed by atoms with Crippen molar-refractivity contribution in [1.29, 1.82) is 0 Å². The molecule has 0 amide bonds. The van der Waals surface area contributed by atoms with Crippen molar-refractivity contribution >= 4 is 47.2 Å². The van der Waals surface area contributed by atoms with Gasteiger partial charge >= 0.3 is 0 Å². The molecule has 0 saturated carbocycles. The van der Waals surface area contributed by atoms with Crippen LogP contribution in [0.2, 0.25) is 5.02 Å². The number of allylic oxidation sites excluding steroid dienone is 1. The van der Waals surface area contributed by atoms with Gasteiger partial charge in [-0.25, -0.2) is 14.4 Å². The minimum Gasteiger partial charge on any atom is -0.354 e. The number of nitrogens with one attached hydrogen (secondary N) is 3. The van der Waals surface area contributed by atoms with Crippen LogP contribution in [0.4, 0.5) is 21.8 Å². The number of likely N-dealkylation sites (N-methyl/N-ethyl adjacent to an activating group) is 1. The molecule has 1 aliphatic heterocycles. The quantitative estimate of drug-likeness (QED) is 0.283. The van der Waals surface area contributed by atoms with Gasteiger partial charge in [0.1, 0.15) is 5.82 Å². The highest BCUT2D eigenvalue weighted by molar-refractivity contribution is 6.31. The molecule has 0 bridgehead atoms. The molecular formula is C21H27ClFN7O.